The Morgan fingerprint density at radius 1 is 1.36 bits per heavy atom. The topological polar surface area (TPSA) is 90.1 Å². The van der Waals surface area contributed by atoms with Gasteiger partial charge < -0.3 is 15.8 Å². The lowest BCUT2D eigenvalue weighted by molar-refractivity contribution is 0.0951. The standard InChI is InChI=1S/C15H17ClN4O2/c1-3-18-14(21)13-9(2)19-15(17)20-11(13)8-22-12-7-5-4-6-10(12)16/h4-7H,3,8H2,1-2H3,(H,18,21)(H2,17,19,20). The molecule has 0 atom stereocenters. The Balaban J connectivity index is 2.29. The predicted molar refractivity (Wildman–Crippen MR) is 85.0 cm³/mol. The maximum Gasteiger partial charge on any atom is 0.255 e. The number of nitrogens with one attached hydrogen (secondary N) is 1. The van der Waals surface area contributed by atoms with Gasteiger partial charge in [0.05, 0.1) is 22.0 Å². The summed E-state index contributed by atoms with van der Waals surface area (Å²) in [6.07, 6.45) is 0. The fourth-order valence-corrected chi connectivity index (χ4v) is 2.20. The summed E-state index contributed by atoms with van der Waals surface area (Å²) in [5, 5.41) is 3.22. The normalized spacial score (nSPS) is 10.3. The van der Waals surface area contributed by atoms with E-state index >= 15 is 0 Å². The number of carbonyl (C=O) groups is 1. The van der Waals surface area contributed by atoms with Gasteiger partial charge in [0.1, 0.15) is 12.4 Å². The number of hydrogen-bond acceptors (Lipinski definition) is 5. The van der Waals surface area contributed by atoms with E-state index in [9.17, 15) is 4.79 Å². The van der Waals surface area contributed by atoms with Gasteiger partial charge in [0, 0.05) is 6.54 Å². The van der Waals surface area contributed by atoms with Gasteiger partial charge in [-0.3, -0.25) is 4.79 Å². The zero-order valence-corrected chi connectivity index (χ0v) is 13.1. The number of carbonyl (C=O) groups excluding carboxylic acids is 1. The number of benzene rings is 1. The molecule has 0 unspecified atom stereocenters. The fourth-order valence-electron chi connectivity index (χ4n) is 2.01. The summed E-state index contributed by atoms with van der Waals surface area (Å²) in [7, 11) is 0. The number of para-hydroxylation sites is 1. The van der Waals surface area contributed by atoms with Crippen molar-refractivity contribution in [3.63, 3.8) is 0 Å². The molecule has 0 spiro atoms. The molecular formula is C15H17ClN4O2. The Labute approximate surface area is 133 Å². The van der Waals surface area contributed by atoms with Crippen molar-refractivity contribution in [2.75, 3.05) is 12.3 Å². The van der Waals surface area contributed by atoms with Crippen molar-refractivity contribution in [2.24, 2.45) is 0 Å². The van der Waals surface area contributed by atoms with E-state index < -0.39 is 0 Å². The Bertz CT molecular complexity index is 691. The second-order valence-electron chi connectivity index (χ2n) is 4.57. The molecule has 1 heterocycles. The minimum Gasteiger partial charge on any atom is -0.486 e. The molecule has 116 valence electrons. The second kappa shape index (κ2) is 7.09. The minimum absolute atomic E-state index is 0.0732. The summed E-state index contributed by atoms with van der Waals surface area (Å²) in [5.41, 5.74) is 6.98. The van der Waals surface area contributed by atoms with E-state index in [1.807, 2.05) is 19.1 Å². The number of ether oxygens (including phenoxy) is 1. The second-order valence-corrected chi connectivity index (χ2v) is 4.97. The number of nitrogen functional groups attached to an aromatic ring is 1. The van der Waals surface area contributed by atoms with E-state index in [0.29, 0.717) is 34.3 Å². The Morgan fingerprint density at radius 2 is 2.09 bits per heavy atom. The summed E-state index contributed by atoms with van der Waals surface area (Å²) in [5.74, 6) is 0.363. The molecule has 0 radical (unpaired) electrons. The molecule has 6 nitrogen and oxygen atoms in total. The molecule has 0 bridgehead atoms. The molecular weight excluding hydrogens is 304 g/mol. The van der Waals surface area contributed by atoms with Crippen molar-refractivity contribution < 1.29 is 9.53 Å². The number of aryl methyl sites for hydroxylation is 1. The largest absolute Gasteiger partial charge is 0.486 e. The number of rotatable bonds is 5. The highest BCUT2D eigenvalue weighted by Crippen LogP contribution is 2.24. The van der Waals surface area contributed by atoms with Crippen molar-refractivity contribution >= 4 is 23.5 Å². The molecule has 2 aromatic rings. The van der Waals surface area contributed by atoms with Crippen LogP contribution in [-0.4, -0.2) is 22.4 Å². The zero-order chi connectivity index (χ0) is 16.1. The van der Waals surface area contributed by atoms with Crippen LogP contribution in [0, 0.1) is 6.92 Å². The van der Waals surface area contributed by atoms with Gasteiger partial charge in [-0.25, -0.2) is 9.97 Å². The third-order valence-corrected chi connectivity index (χ3v) is 3.26. The van der Waals surface area contributed by atoms with Crippen LogP contribution < -0.4 is 15.8 Å². The van der Waals surface area contributed by atoms with Gasteiger partial charge in [-0.05, 0) is 26.0 Å². The minimum atomic E-state index is -0.252. The monoisotopic (exact) mass is 320 g/mol. The average molecular weight is 321 g/mol. The average Bonchev–Trinajstić information content (AvgIpc) is 2.46. The molecule has 0 saturated heterocycles. The van der Waals surface area contributed by atoms with Crippen LogP contribution in [0.1, 0.15) is 28.7 Å². The number of anilines is 1. The van der Waals surface area contributed by atoms with Crippen LogP contribution in [0.15, 0.2) is 24.3 Å². The van der Waals surface area contributed by atoms with Crippen LogP contribution in [-0.2, 0) is 6.61 Å². The molecule has 0 aliphatic carbocycles. The van der Waals surface area contributed by atoms with Crippen molar-refractivity contribution in [3.05, 3.63) is 46.2 Å². The molecule has 1 amide bonds. The first kappa shape index (κ1) is 16.0. The van der Waals surface area contributed by atoms with E-state index in [4.69, 9.17) is 22.1 Å². The van der Waals surface area contributed by atoms with Crippen LogP contribution in [0.3, 0.4) is 0 Å². The van der Waals surface area contributed by atoms with Gasteiger partial charge >= 0.3 is 0 Å². The lowest BCUT2D eigenvalue weighted by Gasteiger charge is -2.13. The van der Waals surface area contributed by atoms with Gasteiger partial charge in [0.15, 0.2) is 0 Å². The van der Waals surface area contributed by atoms with Crippen molar-refractivity contribution in [1.82, 2.24) is 15.3 Å². The number of nitrogens with zero attached hydrogens (tertiary/aromatic N) is 2. The SMILES string of the molecule is CCNC(=O)c1c(C)nc(N)nc1COc1ccccc1Cl. The van der Waals surface area contributed by atoms with E-state index in [0.717, 1.165) is 0 Å². The lowest BCUT2D eigenvalue weighted by atomic mass is 10.1. The predicted octanol–water partition coefficient (Wildman–Crippen LogP) is 2.35. The van der Waals surface area contributed by atoms with Crippen LogP contribution in [0.5, 0.6) is 5.75 Å². The summed E-state index contributed by atoms with van der Waals surface area (Å²) in [6.45, 7) is 4.13. The number of halogens is 1. The number of hydrogen-bond donors (Lipinski definition) is 2. The van der Waals surface area contributed by atoms with Gasteiger partial charge in [0.25, 0.3) is 5.91 Å². The smallest absolute Gasteiger partial charge is 0.255 e. The quantitative estimate of drug-likeness (QED) is 0.882. The van der Waals surface area contributed by atoms with Crippen LogP contribution in [0.2, 0.25) is 5.02 Å². The summed E-state index contributed by atoms with van der Waals surface area (Å²) < 4.78 is 5.64. The van der Waals surface area contributed by atoms with Crippen molar-refractivity contribution in [1.29, 1.82) is 0 Å². The third-order valence-electron chi connectivity index (χ3n) is 2.95. The molecule has 2 rings (SSSR count). The number of aromatic nitrogens is 2. The maximum atomic E-state index is 12.2. The molecule has 22 heavy (non-hydrogen) atoms. The summed E-state index contributed by atoms with van der Waals surface area (Å²) in [6, 6.07) is 7.08. The van der Waals surface area contributed by atoms with Gasteiger partial charge in [0.2, 0.25) is 5.95 Å². The first-order chi connectivity index (χ1) is 10.5. The molecule has 7 heteroatoms. The van der Waals surface area contributed by atoms with Gasteiger partial charge in [-0.2, -0.15) is 0 Å². The summed E-state index contributed by atoms with van der Waals surface area (Å²) >= 11 is 6.04. The molecule has 0 aliphatic rings. The zero-order valence-electron chi connectivity index (χ0n) is 12.4. The maximum absolute atomic E-state index is 12.2. The van der Waals surface area contributed by atoms with E-state index in [1.165, 1.54) is 0 Å². The van der Waals surface area contributed by atoms with E-state index in [1.54, 1.807) is 19.1 Å². The van der Waals surface area contributed by atoms with E-state index in [-0.39, 0.29) is 18.5 Å². The Morgan fingerprint density at radius 3 is 2.77 bits per heavy atom. The summed E-state index contributed by atoms with van der Waals surface area (Å²) in [4.78, 5) is 20.3. The third kappa shape index (κ3) is 3.65. The highest BCUT2D eigenvalue weighted by Gasteiger charge is 2.18. The molecule has 1 aromatic carbocycles. The van der Waals surface area contributed by atoms with Gasteiger partial charge in [-0.1, -0.05) is 23.7 Å². The highest BCUT2D eigenvalue weighted by atomic mass is 35.5. The van der Waals surface area contributed by atoms with Crippen LogP contribution in [0.25, 0.3) is 0 Å². The molecule has 3 N–H and O–H groups in total. The van der Waals surface area contributed by atoms with Crippen molar-refractivity contribution in [3.8, 4) is 5.75 Å². The van der Waals surface area contributed by atoms with Crippen LogP contribution >= 0.6 is 11.6 Å². The highest BCUT2D eigenvalue weighted by molar-refractivity contribution is 6.32. The Hall–Kier alpha value is -2.34. The molecule has 0 saturated carbocycles. The van der Waals surface area contributed by atoms with Crippen LogP contribution in [0.4, 0.5) is 5.95 Å². The first-order valence-electron chi connectivity index (χ1n) is 6.81. The molecule has 1 aromatic heterocycles. The number of amides is 1. The lowest BCUT2D eigenvalue weighted by Crippen LogP contribution is -2.26. The Kier molecular flexibility index (Phi) is 5.16. The fraction of sp³-hybridized carbons (Fsp3) is 0.267. The van der Waals surface area contributed by atoms with E-state index in [2.05, 4.69) is 15.3 Å². The molecule has 0 fully saturated rings. The van der Waals surface area contributed by atoms with Gasteiger partial charge in [-0.15, -0.1) is 0 Å². The number of nitrogens with two attached hydrogens (primary N) is 1. The van der Waals surface area contributed by atoms with Crippen molar-refractivity contribution in [2.45, 2.75) is 20.5 Å². The molecule has 0 aliphatic heterocycles. The first-order valence-corrected chi connectivity index (χ1v) is 7.19.